The van der Waals surface area contributed by atoms with Crippen LogP contribution in [-0.2, 0) is 14.3 Å². The van der Waals surface area contributed by atoms with Gasteiger partial charge in [0.15, 0.2) is 0 Å². The highest BCUT2D eigenvalue weighted by Crippen LogP contribution is 2.12. The molecule has 0 saturated carbocycles. The molecule has 0 radical (unpaired) electrons. The number of unbranched alkanes of at least 4 members (excludes halogenated alkanes) is 13. The second-order valence-electron chi connectivity index (χ2n) is 9.83. The third-order valence-corrected chi connectivity index (χ3v) is 5.92. The first kappa shape index (κ1) is 31.4. The number of rotatable bonds is 24. The van der Waals surface area contributed by atoms with Gasteiger partial charge in [-0.15, -0.1) is 13.2 Å². The summed E-state index contributed by atoms with van der Waals surface area (Å²) < 4.78 is 5.50. The molecule has 0 aliphatic carbocycles. The van der Waals surface area contributed by atoms with Gasteiger partial charge < -0.3 is 10.1 Å². The SMILES string of the molecule is C=CCCCCCCCCCC(=O)OCC(CC(C)C)NC(=O)CCCCCCCCC=C. The highest BCUT2D eigenvalue weighted by Gasteiger charge is 2.16. The van der Waals surface area contributed by atoms with E-state index in [4.69, 9.17) is 4.74 Å². The van der Waals surface area contributed by atoms with E-state index >= 15 is 0 Å². The van der Waals surface area contributed by atoms with Crippen molar-refractivity contribution in [3.63, 3.8) is 0 Å². The molecule has 0 aromatic carbocycles. The molecule has 192 valence electrons. The fraction of sp³-hybridized carbons (Fsp3) is 0.793. The summed E-state index contributed by atoms with van der Waals surface area (Å²) in [5, 5.41) is 3.09. The number of amides is 1. The minimum atomic E-state index is -0.138. The predicted octanol–water partition coefficient (Wildman–Crippen LogP) is 8.06. The molecule has 0 saturated heterocycles. The number of carbonyl (C=O) groups excluding carboxylic acids is 2. The average molecular weight is 464 g/mol. The predicted molar refractivity (Wildman–Crippen MR) is 141 cm³/mol. The Labute approximate surface area is 205 Å². The monoisotopic (exact) mass is 463 g/mol. The first-order chi connectivity index (χ1) is 16.0. The smallest absolute Gasteiger partial charge is 0.305 e. The summed E-state index contributed by atoms with van der Waals surface area (Å²) in [4.78, 5) is 24.5. The molecule has 0 aromatic heterocycles. The molecule has 0 spiro atoms. The number of hydrogen-bond donors (Lipinski definition) is 1. The third-order valence-electron chi connectivity index (χ3n) is 5.92. The molecule has 1 N–H and O–H groups in total. The van der Waals surface area contributed by atoms with Gasteiger partial charge in [-0.1, -0.05) is 83.8 Å². The van der Waals surface area contributed by atoms with Gasteiger partial charge in [-0.05, 0) is 50.9 Å². The summed E-state index contributed by atoms with van der Waals surface area (Å²) in [5.41, 5.74) is 0. The van der Waals surface area contributed by atoms with E-state index < -0.39 is 0 Å². The Bertz CT molecular complexity index is 501. The lowest BCUT2D eigenvalue weighted by Gasteiger charge is -2.20. The molecule has 0 bridgehead atoms. The molecule has 33 heavy (non-hydrogen) atoms. The van der Waals surface area contributed by atoms with Crippen LogP contribution < -0.4 is 5.32 Å². The number of allylic oxidation sites excluding steroid dienone is 2. The minimum absolute atomic E-state index is 0.0800. The van der Waals surface area contributed by atoms with Crippen molar-refractivity contribution in [3.05, 3.63) is 25.3 Å². The van der Waals surface area contributed by atoms with Crippen LogP contribution in [-0.4, -0.2) is 24.5 Å². The second kappa shape index (κ2) is 23.6. The van der Waals surface area contributed by atoms with Crippen molar-refractivity contribution in [2.24, 2.45) is 5.92 Å². The lowest BCUT2D eigenvalue weighted by molar-refractivity contribution is -0.145. The quantitative estimate of drug-likeness (QED) is 0.0894. The summed E-state index contributed by atoms with van der Waals surface area (Å²) in [5.74, 6) is 0.382. The van der Waals surface area contributed by atoms with Crippen LogP contribution in [0.15, 0.2) is 25.3 Å². The summed E-state index contributed by atoms with van der Waals surface area (Å²) in [6.07, 6.45) is 23.1. The maximum Gasteiger partial charge on any atom is 0.305 e. The molecular weight excluding hydrogens is 410 g/mol. The summed E-state index contributed by atoms with van der Waals surface area (Å²) >= 11 is 0. The Morgan fingerprint density at radius 3 is 1.67 bits per heavy atom. The van der Waals surface area contributed by atoms with E-state index in [-0.39, 0.29) is 24.5 Å². The Morgan fingerprint density at radius 2 is 1.18 bits per heavy atom. The molecule has 4 heteroatoms. The highest BCUT2D eigenvalue weighted by molar-refractivity contribution is 5.76. The van der Waals surface area contributed by atoms with Gasteiger partial charge in [0.1, 0.15) is 6.61 Å². The summed E-state index contributed by atoms with van der Waals surface area (Å²) in [6.45, 7) is 12.0. The van der Waals surface area contributed by atoms with Crippen LogP contribution >= 0.6 is 0 Å². The van der Waals surface area contributed by atoms with Gasteiger partial charge in [0, 0.05) is 12.8 Å². The van der Waals surface area contributed by atoms with Crippen molar-refractivity contribution in [2.45, 2.75) is 135 Å². The van der Waals surface area contributed by atoms with Crippen LogP contribution in [0.25, 0.3) is 0 Å². The first-order valence-electron chi connectivity index (χ1n) is 13.7. The molecule has 4 nitrogen and oxygen atoms in total. The lowest BCUT2D eigenvalue weighted by atomic mass is 10.0. The maximum atomic E-state index is 12.3. The molecular formula is C29H53NO3. The van der Waals surface area contributed by atoms with Gasteiger partial charge in [0.2, 0.25) is 5.91 Å². The van der Waals surface area contributed by atoms with Crippen LogP contribution in [0, 0.1) is 5.92 Å². The van der Waals surface area contributed by atoms with Gasteiger partial charge >= 0.3 is 5.97 Å². The van der Waals surface area contributed by atoms with Crippen LogP contribution in [0.4, 0.5) is 0 Å². The zero-order valence-electron chi connectivity index (χ0n) is 21.9. The van der Waals surface area contributed by atoms with Gasteiger partial charge in [-0.3, -0.25) is 9.59 Å². The third kappa shape index (κ3) is 23.4. The van der Waals surface area contributed by atoms with Crippen molar-refractivity contribution in [1.82, 2.24) is 5.32 Å². The Balaban J connectivity index is 3.90. The molecule has 1 atom stereocenters. The first-order valence-corrected chi connectivity index (χ1v) is 13.7. The van der Waals surface area contributed by atoms with Crippen molar-refractivity contribution < 1.29 is 14.3 Å². The number of ether oxygens (including phenoxy) is 1. The Morgan fingerprint density at radius 1 is 0.727 bits per heavy atom. The van der Waals surface area contributed by atoms with Crippen LogP contribution in [0.1, 0.15) is 129 Å². The fourth-order valence-electron chi connectivity index (χ4n) is 4.03. The number of nitrogens with one attached hydrogen (secondary N) is 1. The largest absolute Gasteiger partial charge is 0.463 e. The second-order valence-corrected chi connectivity index (χ2v) is 9.83. The van der Waals surface area contributed by atoms with Crippen LogP contribution in [0.5, 0.6) is 0 Å². The standard InChI is InChI=1S/C29H53NO3/c1-5-7-9-11-13-15-17-19-21-23-29(32)33-25-27(24-26(3)4)30-28(31)22-20-18-16-14-12-10-8-6-2/h5-6,26-27H,1-2,7-25H2,3-4H3,(H,30,31). The van der Waals surface area contributed by atoms with Crippen molar-refractivity contribution >= 4 is 11.9 Å². The fourth-order valence-corrected chi connectivity index (χ4v) is 4.03. The normalized spacial score (nSPS) is 11.8. The van der Waals surface area contributed by atoms with E-state index in [1.807, 2.05) is 12.2 Å². The molecule has 0 heterocycles. The molecule has 0 aliphatic rings. The molecule has 0 fully saturated rings. The summed E-state index contributed by atoms with van der Waals surface area (Å²) in [6, 6.07) is -0.0871. The zero-order chi connectivity index (χ0) is 24.6. The average Bonchev–Trinajstić information content (AvgIpc) is 2.77. The highest BCUT2D eigenvalue weighted by atomic mass is 16.5. The van der Waals surface area contributed by atoms with E-state index in [2.05, 4.69) is 32.3 Å². The molecule has 0 rings (SSSR count). The minimum Gasteiger partial charge on any atom is -0.463 e. The van der Waals surface area contributed by atoms with Gasteiger partial charge in [0.25, 0.3) is 0 Å². The number of esters is 1. The van der Waals surface area contributed by atoms with Crippen molar-refractivity contribution in [3.8, 4) is 0 Å². The van der Waals surface area contributed by atoms with Crippen LogP contribution in [0.2, 0.25) is 0 Å². The van der Waals surface area contributed by atoms with E-state index in [0.717, 1.165) is 44.9 Å². The lowest BCUT2D eigenvalue weighted by Crippen LogP contribution is -2.39. The van der Waals surface area contributed by atoms with Gasteiger partial charge in [0.05, 0.1) is 6.04 Å². The number of carbonyl (C=O) groups is 2. The van der Waals surface area contributed by atoms with Crippen molar-refractivity contribution in [1.29, 1.82) is 0 Å². The Hall–Kier alpha value is -1.58. The molecule has 0 aliphatic heterocycles. The van der Waals surface area contributed by atoms with E-state index in [9.17, 15) is 9.59 Å². The Kier molecular flexibility index (Phi) is 22.4. The maximum absolute atomic E-state index is 12.3. The molecule has 0 aromatic rings. The van der Waals surface area contributed by atoms with E-state index in [1.165, 1.54) is 57.8 Å². The molecule has 1 amide bonds. The van der Waals surface area contributed by atoms with E-state index in [0.29, 0.717) is 18.8 Å². The zero-order valence-corrected chi connectivity index (χ0v) is 21.9. The van der Waals surface area contributed by atoms with Crippen LogP contribution in [0.3, 0.4) is 0 Å². The summed E-state index contributed by atoms with van der Waals surface area (Å²) in [7, 11) is 0. The number of hydrogen-bond acceptors (Lipinski definition) is 3. The van der Waals surface area contributed by atoms with Crippen molar-refractivity contribution in [2.75, 3.05) is 6.61 Å². The molecule has 1 unspecified atom stereocenters. The van der Waals surface area contributed by atoms with Gasteiger partial charge in [-0.2, -0.15) is 0 Å². The van der Waals surface area contributed by atoms with Gasteiger partial charge in [-0.25, -0.2) is 0 Å². The topological polar surface area (TPSA) is 55.4 Å². The van der Waals surface area contributed by atoms with E-state index in [1.54, 1.807) is 0 Å².